The fraction of sp³-hybridized carbons (Fsp3) is 0.0417. The minimum atomic E-state index is -1.07. The van der Waals surface area contributed by atoms with Gasteiger partial charge in [-0.15, -0.1) is 0 Å². The molecule has 7 nitrogen and oxygen atoms in total. The Kier molecular flexibility index (Phi) is 4.48. The van der Waals surface area contributed by atoms with Gasteiger partial charge in [-0.2, -0.15) is 0 Å². The van der Waals surface area contributed by atoms with E-state index >= 15 is 0 Å². The number of carboxylic acid groups (broad SMARTS) is 1. The highest BCUT2D eigenvalue weighted by Gasteiger charge is 2.14. The SMILES string of the molecule is O=C(O)c1cccc(-n2c(/C=C/c3ccc4c(c3)OCO4)nc3ccccc3c2=O)c1. The number of carbonyl (C=O) groups is 1. The second kappa shape index (κ2) is 7.46. The fourth-order valence-electron chi connectivity index (χ4n) is 3.48. The Labute approximate surface area is 176 Å². The average molecular weight is 412 g/mol. The zero-order valence-corrected chi connectivity index (χ0v) is 16.2. The van der Waals surface area contributed by atoms with Gasteiger partial charge >= 0.3 is 5.97 Å². The summed E-state index contributed by atoms with van der Waals surface area (Å²) in [5, 5.41) is 9.80. The summed E-state index contributed by atoms with van der Waals surface area (Å²) in [6.07, 6.45) is 3.54. The number of rotatable bonds is 4. The molecule has 0 atom stereocenters. The van der Waals surface area contributed by atoms with Crippen LogP contribution in [0, 0.1) is 0 Å². The highest BCUT2D eigenvalue weighted by atomic mass is 16.7. The molecule has 0 saturated carbocycles. The molecule has 0 saturated heterocycles. The number of aromatic carboxylic acids is 1. The van der Waals surface area contributed by atoms with Crippen LogP contribution in [0.25, 0.3) is 28.7 Å². The molecule has 1 aromatic heterocycles. The van der Waals surface area contributed by atoms with Crippen LogP contribution in [-0.2, 0) is 0 Å². The van der Waals surface area contributed by atoms with E-state index in [1.807, 2.05) is 30.3 Å². The summed E-state index contributed by atoms with van der Waals surface area (Å²) in [5.74, 6) is 0.647. The van der Waals surface area contributed by atoms with E-state index in [2.05, 4.69) is 4.98 Å². The molecule has 1 aliphatic rings. The number of hydrogen-bond acceptors (Lipinski definition) is 5. The Morgan fingerprint density at radius 3 is 2.68 bits per heavy atom. The predicted octanol–water partition coefficient (Wildman–Crippen LogP) is 3.98. The van der Waals surface area contributed by atoms with Crippen molar-refractivity contribution in [2.24, 2.45) is 0 Å². The molecule has 2 heterocycles. The lowest BCUT2D eigenvalue weighted by Gasteiger charge is -2.12. The van der Waals surface area contributed by atoms with E-state index in [0.29, 0.717) is 33.9 Å². The number of hydrogen-bond donors (Lipinski definition) is 1. The minimum Gasteiger partial charge on any atom is -0.478 e. The van der Waals surface area contributed by atoms with Crippen molar-refractivity contribution in [2.45, 2.75) is 0 Å². The van der Waals surface area contributed by atoms with Gasteiger partial charge in [0.1, 0.15) is 5.82 Å². The number of aromatic nitrogens is 2. The molecule has 152 valence electrons. The van der Waals surface area contributed by atoms with Gasteiger partial charge in [-0.1, -0.05) is 30.3 Å². The molecule has 5 rings (SSSR count). The third-order valence-electron chi connectivity index (χ3n) is 4.97. The van der Waals surface area contributed by atoms with Crippen molar-refractivity contribution < 1.29 is 19.4 Å². The van der Waals surface area contributed by atoms with Gasteiger partial charge in [-0.25, -0.2) is 9.78 Å². The molecular weight excluding hydrogens is 396 g/mol. The molecule has 0 aliphatic carbocycles. The molecular formula is C24H16N2O5. The molecule has 0 fully saturated rings. The molecule has 31 heavy (non-hydrogen) atoms. The van der Waals surface area contributed by atoms with Crippen LogP contribution in [0.3, 0.4) is 0 Å². The summed E-state index contributed by atoms with van der Waals surface area (Å²) in [7, 11) is 0. The number of benzene rings is 3. The smallest absolute Gasteiger partial charge is 0.335 e. The Morgan fingerprint density at radius 2 is 1.81 bits per heavy atom. The summed E-state index contributed by atoms with van der Waals surface area (Å²) in [6.45, 7) is 0.189. The summed E-state index contributed by atoms with van der Waals surface area (Å²) in [5.41, 5.74) is 1.64. The minimum absolute atomic E-state index is 0.0864. The van der Waals surface area contributed by atoms with Crippen molar-refractivity contribution in [3.63, 3.8) is 0 Å². The topological polar surface area (TPSA) is 90.7 Å². The predicted molar refractivity (Wildman–Crippen MR) is 116 cm³/mol. The van der Waals surface area contributed by atoms with E-state index in [0.717, 1.165) is 5.56 Å². The van der Waals surface area contributed by atoms with Gasteiger partial charge in [0.15, 0.2) is 11.5 Å². The first-order chi connectivity index (χ1) is 15.1. The van der Waals surface area contributed by atoms with Crippen LogP contribution in [0.5, 0.6) is 11.5 Å². The maximum absolute atomic E-state index is 13.3. The number of ether oxygens (including phenoxy) is 2. The lowest BCUT2D eigenvalue weighted by molar-refractivity contribution is 0.0697. The van der Waals surface area contributed by atoms with Gasteiger partial charge in [0, 0.05) is 0 Å². The zero-order valence-electron chi connectivity index (χ0n) is 16.2. The molecule has 4 aromatic rings. The van der Waals surface area contributed by atoms with Crippen molar-refractivity contribution in [1.82, 2.24) is 9.55 Å². The highest BCUT2D eigenvalue weighted by Crippen LogP contribution is 2.33. The average Bonchev–Trinajstić information content (AvgIpc) is 3.26. The highest BCUT2D eigenvalue weighted by molar-refractivity contribution is 5.88. The van der Waals surface area contributed by atoms with Crippen molar-refractivity contribution >= 4 is 29.0 Å². The monoisotopic (exact) mass is 412 g/mol. The maximum atomic E-state index is 13.3. The second-order valence-corrected chi connectivity index (χ2v) is 6.93. The quantitative estimate of drug-likeness (QED) is 0.545. The molecule has 0 unspecified atom stereocenters. The standard InChI is InChI=1S/C24H16N2O5/c27-23-18-6-1-2-7-19(18)25-22(26(23)17-5-3-4-16(13-17)24(28)29)11-9-15-8-10-20-21(12-15)31-14-30-20/h1-13H,14H2,(H,28,29)/b11-9+. The first-order valence-electron chi connectivity index (χ1n) is 9.53. The molecule has 0 bridgehead atoms. The van der Waals surface area contributed by atoms with Gasteiger partial charge in [0.25, 0.3) is 5.56 Å². The van der Waals surface area contributed by atoms with Crippen LogP contribution in [-0.4, -0.2) is 27.4 Å². The van der Waals surface area contributed by atoms with Gasteiger partial charge in [-0.3, -0.25) is 9.36 Å². The Morgan fingerprint density at radius 1 is 0.968 bits per heavy atom. The van der Waals surface area contributed by atoms with Crippen molar-refractivity contribution in [3.05, 3.63) is 94.0 Å². The Hall–Kier alpha value is -4.39. The van der Waals surface area contributed by atoms with E-state index in [9.17, 15) is 14.7 Å². The van der Waals surface area contributed by atoms with E-state index < -0.39 is 5.97 Å². The van der Waals surface area contributed by atoms with Crippen molar-refractivity contribution in [1.29, 1.82) is 0 Å². The number of carboxylic acids is 1. The van der Waals surface area contributed by atoms with Gasteiger partial charge in [-0.05, 0) is 54.1 Å². The van der Waals surface area contributed by atoms with Crippen LogP contribution in [0.2, 0.25) is 0 Å². The molecule has 0 spiro atoms. The van der Waals surface area contributed by atoms with E-state index in [1.54, 1.807) is 36.4 Å². The molecule has 0 radical (unpaired) electrons. The van der Waals surface area contributed by atoms with Crippen molar-refractivity contribution in [2.75, 3.05) is 6.79 Å². The Balaban J connectivity index is 1.68. The fourth-order valence-corrected chi connectivity index (χ4v) is 3.48. The summed E-state index contributed by atoms with van der Waals surface area (Å²) in [4.78, 5) is 29.4. The van der Waals surface area contributed by atoms with Crippen LogP contribution in [0.15, 0.2) is 71.5 Å². The maximum Gasteiger partial charge on any atom is 0.335 e. The first-order valence-corrected chi connectivity index (χ1v) is 9.53. The number of para-hydroxylation sites is 1. The van der Waals surface area contributed by atoms with E-state index in [4.69, 9.17) is 9.47 Å². The third-order valence-corrected chi connectivity index (χ3v) is 4.97. The molecule has 1 aliphatic heterocycles. The molecule has 1 N–H and O–H groups in total. The van der Waals surface area contributed by atoms with E-state index in [1.165, 1.54) is 16.7 Å². The summed E-state index contributed by atoms with van der Waals surface area (Å²) >= 11 is 0. The van der Waals surface area contributed by atoms with Gasteiger partial charge in [0.2, 0.25) is 6.79 Å². The second-order valence-electron chi connectivity index (χ2n) is 6.93. The van der Waals surface area contributed by atoms with Gasteiger partial charge in [0.05, 0.1) is 22.2 Å². The lowest BCUT2D eigenvalue weighted by Crippen LogP contribution is -2.22. The normalized spacial score (nSPS) is 12.5. The summed E-state index contributed by atoms with van der Waals surface area (Å²) in [6, 6.07) is 18.8. The molecule has 7 heteroatoms. The van der Waals surface area contributed by atoms with Crippen LogP contribution in [0.1, 0.15) is 21.7 Å². The van der Waals surface area contributed by atoms with Crippen molar-refractivity contribution in [3.8, 4) is 17.2 Å². The van der Waals surface area contributed by atoms with Crippen LogP contribution < -0.4 is 15.0 Å². The first kappa shape index (κ1) is 18.6. The molecule has 0 amide bonds. The van der Waals surface area contributed by atoms with Gasteiger partial charge < -0.3 is 14.6 Å². The largest absolute Gasteiger partial charge is 0.478 e. The summed E-state index contributed by atoms with van der Waals surface area (Å²) < 4.78 is 12.2. The Bertz CT molecular complexity index is 1420. The number of fused-ring (bicyclic) bond motifs is 2. The zero-order chi connectivity index (χ0) is 21.4. The van der Waals surface area contributed by atoms with Crippen LogP contribution >= 0.6 is 0 Å². The lowest BCUT2D eigenvalue weighted by atomic mass is 10.1. The molecule has 3 aromatic carbocycles. The van der Waals surface area contributed by atoms with E-state index in [-0.39, 0.29) is 17.9 Å². The third kappa shape index (κ3) is 3.42. The number of nitrogens with zero attached hydrogens (tertiary/aromatic N) is 2. The van der Waals surface area contributed by atoms with Crippen LogP contribution in [0.4, 0.5) is 0 Å².